The maximum atomic E-state index is 10.2. The van der Waals surface area contributed by atoms with E-state index in [0.29, 0.717) is 0 Å². The number of nitrogens with two attached hydrogens (primary N) is 1. The van der Waals surface area contributed by atoms with E-state index in [0.717, 1.165) is 0 Å². The van der Waals surface area contributed by atoms with E-state index in [4.69, 9.17) is 10.2 Å². The number of hydrogen-bond donors (Lipinski definition) is 4. The SMILES string of the molecule is NC(=O)N[C@H](CCO)C(=O)O. The number of aliphatic hydroxyl groups is 1. The second-order valence-corrected chi connectivity index (χ2v) is 1.91. The fourth-order valence-corrected chi connectivity index (χ4v) is 0.558. The van der Waals surface area contributed by atoms with Crippen LogP contribution in [-0.4, -0.2) is 34.9 Å². The first-order valence-corrected chi connectivity index (χ1v) is 2.97. The average molecular weight is 162 g/mol. The lowest BCUT2D eigenvalue weighted by Crippen LogP contribution is -2.44. The van der Waals surface area contributed by atoms with Crippen molar-refractivity contribution >= 4 is 12.0 Å². The Balaban J connectivity index is 3.89. The van der Waals surface area contributed by atoms with E-state index in [1.807, 2.05) is 5.32 Å². The largest absolute Gasteiger partial charge is 0.480 e. The average Bonchev–Trinajstić information content (AvgIpc) is 1.86. The minimum atomic E-state index is -1.21. The number of carbonyl (C=O) groups excluding carboxylic acids is 1. The van der Waals surface area contributed by atoms with E-state index in [2.05, 4.69) is 5.73 Å². The van der Waals surface area contributed by atoms with Gasteiger partial charge in [0.15, 0.2) is 0 Å². The van der Waals surface area contributed by atoms with Crippen molar-refractivity contribution in [1.82, 2.24) is 5.32 Å². The molecular weight excluding hydrogens is 152 g/mol. The summed E-state index contributed by atoms with van der Waals surface area (Å²) >= 11 is 0. The normalized spacial score (nSPS) is 12.1. The summed E-state index contributed by atoms with van der Waals surface area (Å²) in [6.45, 7) is -0.308. The van der Waals surface area contributed by atoms with Gasteiger partial charge in [0.05, 0.1) is 0 Å². The number of aliphatic carboxylic acids is 1. The Hall–Kier alpha value is -1.30. The molecule has 0 bridgehead atoms. The van der Waals surface area contributed by atoms with Crippen LogP contribution in [0.3, 0.4) is 0 Å². The molecule has 6 heteroatoms. The van der Waals surface area contributed by atoms with Crippen molar-refractivity contribution in [2.24, 2.45) is 5.73 Å². The van der Waals surface area contributed by atoms with E-state index >= 15 is 0 Å². The number of aliphatic hydroxyl groups excluding tert-OH is 1. The van der Waals surface area contributed by atoms with Gasteiger partial charge in [0.1, 0.15) is 6.04 Å². The number of nitrogens with one attached hydrogen (secondary N) is 1. The zero-order valence-corrected chi connectivity index (χ0v) is 5.78. The van der Waals surface area contributed by atoms with Crippen molar-refractivity contribution in [2.45, 2.75) is 12.5 Å². The van der Waals surface area contributed by atoms with Crippen molar-refractivity contribution in [1.29, 1.82) is 0 Å². The number of carboxylic acids is 1. The molecule has 0 saturated carbocycles. The van der Waals surface area contributed by atoms with Gasteiger partial charge in [-0.2, -0.15) is 0 Å². The standard InChI is InChI=1S/C5H10N2O4/c6-5(11)7-3(1-2-8)4(9)10/h3,8H,1-2H2,(H,9,10)(H3,6,7,11)/t3-/m1/s1. The molecule has 0 aromatic heterocycles. The lowest BCUT2D eigenvalue weighted by atomic mass is 10.2. The van der Waals surface area contributed by atoms with E-state index < -0.39 is 18.0 Å². The molecule has 0 aromatic carbocycles. The van der Waals surface area contributed by atoms with E-state index in [1.165, 1.54) is 0 Å². The molecule has 1 atom stereocenters. The Bertz CT molecular complexity index is 159. The maximum absolute atomic E-state index is 10.2. The van der Waals surface area contributed by atoms with Crippen LogP contribution < -0.4 is 11.1 Å². The molecule has 0 heterocycles. The van der Waals surface area contributed by atoms with Crippen LogP contribution in [0.15, 0.2) is 0 Å². The summed E-state index contributed by atoms with van der Waals surface area (Å²) in [5.41, 5.74) is 4.67. The molecule has 0 aliphatic rings. The third kappa shape index (κ3) is 4.15. The Morgan fingerprint density at radius 3 is 2.36 bits per heavy atom. The Labute approximate surface area is 63.0 Å². The highest BCUT2D eigenvalue weighted by Crippen LogP contribution is 1.89. The summed E-state index contributed by atoms with van der Waals surface area (Å²) in [6.07, 6.45) is -0.0434. The topological polar surface area (TPSA) is 113 Å². The molecule has 0 spiro atoms. The van der Waals surface area contributed by atoms with Crippen molar-refractivity contribution in [3.05, 3.63) is 0 Å². The third-order valence-electron chi connectivity index (χ3n) is 1.03. The molecule has 0 aromatic rings. The molecule has 0 saturated heterocycles. The zero-order valence-electron chi connectivity index (χ0n) is 5.78. The first kappa shape index (κ1) is 9.70. The number of hydrogen-bond acceptors (Lipinski definition) is 3. The quantitative estimate of drug-likeness (QED) is 0.402. The second-order valence-electron chi connectivity index (χ2n) is 1.91. The van der Waals surface area contributed by atoms with Crippen molar-refractivity contribution in [2.75, 3.05) is 6.61 Å². The van der Waals surface area contributed by atoms with Crippen LogP contribution in [0.1, 0.15) is 6.42 Å². The monoisotopic (exact) mass is 162 g/mol. The molecule has 5 N–H and O–H groups in total. The number of primary amides is 1. The fourth-order valence-electron chi connectivity index (χ4n) is 0.558. The van der Waals surface area contributed by atoms with Crippen LogP contribution >= 0.6 is 0 Å². The van der Waals surface area contributed by atoms with E-state index in [1.54, 1.807) is 0 Å². The van der Waals surface area contributed by atoms with Gasteiger partial charge in [-0.15, -0.1) is 0 Å². The van der Waals surface area contributed by atoms with E-state index in [9.17, 15) is 9.59 Å². The Morgan fingerprint density at radius 2 is 2.09 bits per heavy atom. The number of rotatable bonds is 4. The predicted molar refractivity (Wildman–Crippen MR) is 35.8 cm³/mol. The highest BCUT2D eigenvalue weighted by atomic mass is 16.4. The van der Waals surface area contributed by atoms with Crippen LogP contribution in [-0.2, 0) is 4.79 Å². The van der Waals surface area contributed by atoms with Gasteiger partial charge >= 0.3 is 12.0 Å². The summed E-state index contributed by atoms with van der Waals surface area (Å²) in [6, 6.07) is -2.01. The zero-order chi connectivity index (χ0) is 8.85. The van der Waals surface area contributed by atoms with Crippen molar-refractivity contribution < 1.29 is 19.8 Å². The minimum absolute atomic E-state index is 0.0434. The van der Waals surface area contributed by atoms with Gasteiger partial charge in [-0.05, 0) is 0 Å². The summed E-state index contributed by atoms with van der Waals surface area (Å²) in [4.78, 5) is 20.4. The van der Waals surface area contributed by atoms with Gasteiger partial charge in [-0.25, -0.2) is 9.59 Å². The predicted octanol–water partition coefficient (Wildman–Crippen LogP) is -1.51. The highest BCUT2D eigenvalue weighted by molar-refractivity contribution is 5.81. The van der Waals surface area contributed by atoms with Gasteiger partial charge in [-0.1, -0.05) is 0 Å². The third-order valence-corrected chi connectivity index (χ3v) is 1.03. The van der Waals surface area contributed by atoms with Crippen LogP contribution in [0.25, 0.3) is 0 Å². The van der Waals surface area contributed by atoms with Crippen LogP contribution in [0.2, 0.25) is 0 Å². The lowest BCUT2D eigenvalue weighted by molar-refractivity contribution is -0.139. The maximum Gasteiger partial charge on any atom is 0.326 e. The Kier molecular flexibility index (Phi) is 3.97. The molecule has 0 aliphatic carbocycles. The van der Waals surface area contributed by atoms with Crippen molar-refractivity contribution in [3.63, 3.8) is 0 Å². The molecule has 0 fully saturated rings. The number of carboxylic acid groups (broad SMARTS) is 1. The fraction of sp³-hybridized carbons (Fsp3) is 0.600. The van der Waals surface area contributed by atoms with Crippen molar-refractivity contribution in [3.8, 4) is 0 Å². The number of urea groups is 1. The lowest BCUT2D eigenvalue weighted by Gasteiger charge is -2.09. The van der Waals surface area contributed by atoms with Gasteiger partial charge in [0, 0.05) is 13.0 Å². The van der Waals surface area contributed by atoms with Gasteiger partial charge in [0.2, 0.25) is 0 Å². The number of amides is 2. The molecule has 0 rings (SSSR count). The van der Waals surface area contributed by atoms with Gasteiger partial charge in [-0.3, -0.25) is 0 Å². The van der Waals surface area contributed by atoms with Gasteiger partial charge < -0.3 is 21.3 Å². The molecule has 0 radical (unpaired) electrons. The molecule has 6 nitrogen and oxygen atoms in total. The molecule has 2 amide bonds. The van der Waals surface area contributed by atoms with Crippen LogP contribution in [0.5, 0.6) is 0 Å². The van der Waals surface area contributed by atoms with E-state index in [-0.39, 0.29) is 13.0 Å². The Morgan fingerprint density at radius 1 is 1.55 bits per heavy atom. The minimum Gasteiger partial charge on any atom is -0.480 e. The smallest absolute Gasteiger partial charge is 0.326 e. The van der Waals surface area contributed by atoms with Crippen LogP contribution in [0, 0.1) is 0 Å². The molecular formula is C5H10N2O4. The molecule has 64 valence electrons. The van der Waals surface area contributed by atoms with Gasteiger partial charge in [0.25, 0.3) is 0 Å². The second kappa shape index (κ2) is 4.51. The first-order chi connectivity index (χ1) is 5.07. The summed E-state index contributed by atoms with van der Waals surface area (Å²) in [7, 11) is 0. The molecule has 0 aliphatic heterocycles. The van der Waals surface area contributed by atoms with Crippen LogP contribution in [0.4, 0.5) is 4.79 Å². The molecule has 0 unspecified atom stereocenters. The highest BCUT2D eigenvalue weighted by Gasteiger charge is 2.17. The first-order valence-electron chi connectivity index (χ1n) is 2.97. The molecule has 11 heavy (non-hydrogen) atoms. The summed E-state index contributed by atoms with van der Waals surface area (Å²) < 4.78 is 0. The summed E-state index contributed by atoms with van der Waals surface area (Å²) in [5.74, 6) is -1.21. The number of carbonyl (C=O) groups is 2. The summed E-state index contributed by atoms with van der Waals surface area (Å²) in [5, 5.41) is 18.7.